The van der Waals surface area contributed by atoms with Gasteiger partial charge in [-0.05, 0) is 24.6 Å². The number of anilines is 2. The number of nitrogen functional groups attached to an aromatic ring is 1. The summed E-state index contributed by atoms with van der Waals surface area (Å²) in [7, 11) is 0. The second-order valence-corrected chi connectivity index (χ2v) is 4.83. The average Bonchev–Trinajstić information content (AvgIpc) is 2.34. The fraction of sp³-hybridized carbons (Fsp3) is 0.133. The van der Waals surface area contributed by atoms with E-state index in [0.29, 0.717) is 22.8 Å². The molecule has 0 radical (unpaired) electrons. The lowest BCUT2D eigenvalue weighted by atomic mass is 10.1. The van der Waals surface area contributed by atoms with Crippen LogP contribution in [0.1, 0.15) is 11.1 Å². The van der Waals surface area contributed by atoms with Gasteiger partial charge in [0.2, 0.25) is 5.91 Å². The van der Waals surface area contributed by atoms with Gasteiger partial charge in [0.1, 0.15) is 0 Å². The zero-order valence-corrected chi connectivity index (χ0v) is 11.4. The molecule has 0 saturated heterocycles. The molecule has 0 bridgehead atoms. The van der Waals surface area contributed by atoms with E-state index in [-0.39, 0.29) is 5.91 Å². The van der Waals surface area contributed by atoms with Gasteiger partial charge in [0.15, 0.2) is 0 Å². The quantitative estimate of drug-likeness (QED) is 0.843. The summed E-state index contributed by atoms with van der Waals surface area (Å²) in [6, 6.07) is 13.0. The van der Waals surface area contributed by atoms with E-state index in [9.17, 15) is 4.79 Å². The first-order valence-corrected chi connectivity index (χ1v) is 6.33. The first kappa shape index (κ1) is 13.4. The van der Waals surface area contributed by atoms with Gasteiger partial charge in [0.25, 0.3) is 0 Å². The molecule has 2 aromatic rings. The molecule has 0 aliphatic rings. The molecule has 2 rings (SSSR count). The number of carbonyl (C=O) groups excluding carboxylic acids is 1. The normalized spacial score (nSPS) is 10.2. The largest absolute Gasteiger partial charge is 0.397 e. The molecule has 0 heterocycles. The Morgan fingerprint density at radius 3 is 2.68 bits per heavy atom. The van der Waals surface area contributed by atoms with Crippen molar-refractivity contribution in [3.05, 3.63) is 58.6 Å². The lowest BCUT2D eigenvalue weighted by molar-refractivity contribution is -0.115. The third-order valence-corrected chi connectivity index (χ3v) is 3.07. The molecule has 0 unspecified atom stereocenters. The molecule has 3 nitrogen and oxygen atoms in total. The summed E-state index contributed by atoms with van der Waals surface area (Å²) in [5, 5.41) is 3.19. The highest BCUT2D eigenvalue weighted by molar-refractivity contribution is 6.34. The third kappa shape index (κ3) is 3.48. The number of benzene rings is 2. The first-order valence-electron chi connectivity index (χ1n) is 5.95. The number of amides is 1. The molecule has 0 aliphatic carbocycles. The Morgan fingerprint density at radius 2 is 2.00 bits per heavy atom. The van der Waals surface area contributed by atoms with Crippen LogP contribution in [0, 0.1) is 6.92 Å². The first-order chi connectivity index (χ1) is 9.06. The second-order valence-electron chi connectivity index (χ2n) is 4.42. The summed E-state index contributed by atoms with van der Waals surface area (Å²) in [6.07, 6.45) is 0.298. The number of hydrogen-bond acceptors (Lipinski definition) is 2. The SMILES string of the molecule is Cc1cccc(CC(=O)Nc2c(N)cccc2Cl)c1. The van der Waals surface area contributed by atoms with E-state index in [1.807, 2.05) is 31.2 Å². The van der Waals surface area contributed by atoms with Crippen molar-refractivity contribution in [2.45, 2.75) is 13.3 Å². The van der Waals surface area contributed by atoms with Crippen LogP contribution in [0.2, 0.25) is 5.02 Å². The highest BCUT2D eigenvalue weighted by atomic mass is 35.5. The van der Waals surface area contributed by atoms with Crippen molar-refractivity contribution < 1.29 is 4.79 Å². The molecule has 0 saturated carbocycles. The van der Waals surface area contributed by atoms with Crippen LogP contribution in [0.3, 0.4) is 0 Å². The van der Waals surface area contributed by atoms with Crippen molar-refractivity contribution >= 4 is 28.9 Å². The van der Waals surface area contributed by atoms with Crippen LogP contribution < -0.4 is 11.1 Å². The van der Waals surface area contributed by atoms with Crippen molar-refractivity contribution in [3.8, 4) is 0 Å². The highest BCUT2D eigenvalue weighted by Crippen LogP contribution is 2.27. The number of hydrogen-bond donors (Lipinski definition) is 2. The molecule has 0 spiro atoms. The maximum Gasteiger partial charge on any atom is 0.228 e. The lowest BCUT2D eigenvalue weighted by Gasteiger charge is -2.10. The van der Waals surface area contributed by atoms with E-state index in [1.165, 1.54) is 0 Å². The minimum Gasteiger partial charge on any atom is -0.397 e. The Morgan fingerprint density at radius 1 is 1.26 bits per heavy atom. The van der Waals surface area contributed by atoms with Gasteiger partial charge in [-0.3, -0.25) is 4.79 Å². The minimum absolute atomic E-state index is 0.134. The molecular formula is C15H15ClN2O. The predicted molar refractivity (Wildman–Crippen MR) is 79.4 cm³/mol. The van der Waals surface area contributed by atoms with Crippen LogP contribution in [0.15, 0.2) is 42.5 Å². The van der Waals surface area contributed by atoms with Crippen molar-refractivity contribution in [2.24, 2.45) is 0 Å². The van der Waals surface area contributed by atoms with Gasteiger partial charge in [-0.25, -0.2) is 0 Å². The molecule has 0 aromatic heterocycles. The smallest absolute Gasteiger partial charge is 0.228 e. The summed E-state index contributed by atoms with van der Waals surface area (Å²) in [5.74, 6) is -0.134. The van der Waals surface area contributed by atoms with E-state index in [0.717, 1.165) is 11.1 Å². The topological polar surface area (TPSA) is 55.1 Å². The molecule has 0 fully saturated rings. The van der Waals surface area contributed by atoms with E-state index < -0.39 is 0 Å². The number of nitrogens with one attached hydrogen (secondary N) is 1. The van der Waals surface area contributed by atoms with Gasteiger partial charge in [0.05, 0.1) is 22.8 Å². The molecule has 0 atom stereocenters. The Hall–Kier alpha value is -2.00. The molecule has 4 heteroatoms. The average molecular weight is 275 g/mol. The molecule has 3 N–H and O–H groups in total. The Balaban J connectivity index is 2.10. The monoisotopic (exact) mass is 274 g/mol. The summed E-state index contributed by atoms with van der Waals surface area (Å²) >= 11 is 6.01. The highest BCUT2D eigenvalue weighted by Gasteiger charge is 2.09. The zero-order chi connectivity index (χ0) is 13.8. The van der Waals surface area contributed by atoms with Gasteiger partial charge in [-0.15, -0.1) is 0 Å². The van der Waals surface area contributed by atoms with Gasteiger partial charge in [0, 0.05) is 0 Å². The number of halogens is 1. The molecule has 2 aromatic carbocycles. The molecule has 1 amide bonds. The number of aryl methyl sites for hydroxylation is 1. The van der Waals surface area contributed by atoms with Crippen LogP contribution in [0.4, 0.5) is 11.4 Å². The van der Waals surface area contributed by atoms with Crippen molar-refractivity contribution in [3.63, 3.8) is 0 Å². The van der Waals surface area contributed by atoms with Crippen LogP contribution in [-0.4, -0.2) is 5.91 Å². The summed E-state index contributed by atoms with van der Waals surface area (Å²) in [5.41, 5.74) is 8.81. The number of carbonyl (C=O) groups is 1. The van der Waals surface area contributed by atoms with Crippen LogP contribution in [-0.2, 0) is 11.2 Å². The zero-order valence-electron chi connectivity index (χ0n) is 10.6. The molecule has 98 valence electrons. The van der Waals surface area contributed by atoms with Crippen LogP contribution in [0.5, 0.6) is 0 Å². The van der Waals surface area contributed by atoms with E-state index in [2.05, 4.69) is 5.32 Å². The summed E-state index contributed by atoms with van der Waals surface area (Å²) in [6.45, 7) is 1.99. The lowest BCUT2D eigenvalue weighted by Crippen LogP contribution is -2.15. The van der Waals surface area contributed by atoms with Gasteiger partial charge >= 0.3 is 0 Å². The van der Waals surface area contributed by atoms with E-state index in [4.69, 9.17) is 17.3 Å². The number of nitrogens with two attached hydrogens (primary N) is 1. The fourth-order valence-corrected chi connectivity index (χ4v) is 2.09. The van der Waals surface area contributed by atoms with Crippen molar-refractivity contribution in [1.82, 2.24) is 0 Å². The maximum atomic E-state index is 12.0. The van der Waals surface area contributed by atoms with Crippen molar-refractivity contribution in [2.75, 3.05) is 11.1 Å². The third-order valence-electron chi connectivity index (χ3n) is 2.76. The van der Waals surface area contributed by atoms with E-state index >= 15 is 0 Å². The minimum atomic E-state index is -0.134. The Kier molecular flexibility index (Phi) is 4.07. The molecule has 0 aliphatic heterocycles. The van der Waals surface area contributed by atoms with E-state index in [1.54, 1.807) is 18.2 Å². The summed E-state index contributed by atoms with van der Waals surface area (Å²) in [4.78, 5) is 12.0. The van der Waals surface area contributed by atoms with Gasteiger partial charge in [-0.1, -0.05) is 47.5 Å². The second kappa shape index (κ2) is 5.76. The van der Waals surface area contributed by atoms with Crippen molar-refractivity contribution in [1.29, 1.82) is 0 Å². The standard InChI is InChI=1S/C15H15ClN2O/c1-10-4-2-5-11(8-10)9-14(19)18-15-12(16)6-3-7-13(15)17/h2-8H,9,17H2,1H3,(H,18,19). The fourth-order valence-electron chi connectivity index (χ4n) is 1.86. The van der Waals surface area contributed by atoms with Crippen LogP contribution >= 0.6 is 11.6 Å². The Labute approximate surface area is 117 Å². The summed E-state index contributed by atoms with van der Waals surface area (Å²) < 4.78 is 0. The van der Waals surface area contributed by atoms with Crippen LogP contribution in [0.25, 0.3) is 0 Å². The molecular weight excluding hydrogens is 260 g/mol. The number of rotatable bonds is 3. The predicted octanol–water partition coefficient (Wildman–Crippen LogP) is 3.41. The maximum absolute atomic E-state index is 12.0. The van der Waals surface area contributed by atoms with Gasteiger partial charge in [-0.2, -0.15) is 0 Å². The number of para-hydroxylation sites is 1. The Bertz CT molecular complexity index is 591. The van der Waals surface area contributed by atoms with Gasteiger partial charge < -0.3 is 11.1 Å². The molecule has 19 heavy (non-hydrogen) atoms.